The highest BCUT2D eigenvalue weighted by Crippen LogP contribution is 2.62. The standard InChI is InChI=1S/C20H24N2O2/c1-3-15-13-6-8-21-9-7-20(19(15)21)16-5-4-14(24)11-17(16)22(12(2)23)18(20)10-13/h3-5,11,13,18-19,24H,6-10H2,1-2H3/t13-,18-,19-,20-/m0/s1. The van der Waals surface area contributed by atoms with Gasteiger partial charge in [-0.1, -0.05) is 17.7 Å². The van der Waals surface area contributed by atoms with Crippen LogP contribution in [0.25, 0.3) is 0 Å². The summed E-state index contributed by atoms with van der Waals surface area (Å²) in [6, 6.07) is 6.32. The molecular formula is C20H24N2O2. The van der Waals surface area contributed by atoms with E-state index >= 15 is 0 Å². The summed E-state index contributed by atoms with van der Waals surface area (Å²) in [6.45, 7) is 6.13. The minimum atomic E-state index is 0.00741. The molecule has 24 heavy (non-hydrogen) atoms. The van der Waals surface area contributed by atoms with Crippen molar-refractivity contribution in [3.8, 4) is 5.75 Å². The maximum Gasteiger partial charge on any atom is 0.224 e. The highest BCUT2D eigenvalue weighted by atomic mass is 16.3. The second-order valence-electron chi connectivity index (χ2n) is 7.85. The average molecular weight is 324 g/mol. The molecule has 1 amide bonds. The monoisotopic (exact) mass is 324 g/mol. The van der Waals surface area contributed by atoms with Gasteiger partial charge in [-0.3, -0.25) is 9.69 Å². The van der Waals surface area contributed by atoms with Crippen molar-refractivity contribution < 1.29 is 9.90 Å². The number of phenols is 1. The summed E-state index contributed by atoms with van der Waals surface area (Å²) < 4.78 is 0. The Morgan fingerprint density at radius 1 is 1.38 bits per heavy atom. The fourth-order valence-electron chi connectivity index (χ4n) is 6.32. The van der Waals surface area contributed by atoms with Crippen LogP contribution < -0.4 is 4.90 Å². The Morgan fingerprint density at radius 2 is 2.21 bits per heavy atom. The average Bonchev–Trinajstić information content (AvgIpc) is 3.08. The van der Waals surface area contributed by atoms with Crippen molar-refractivity contribution in [2.24, 2.45) is 5.92 Å². The van der Waals surface area contributed by atoms with Crippen LogP contribution in [0, 0.1) is 5.92 Å². The second kappa shape index (κ2) is 4.63. The zero-order chi connectivity index (χ0) is 16.6. The molecule has 1 spiro atoms. The summed E-state index contributed by atoms with van der Waals surface area (Å²) in [6.07, 6.45) is 5.70. The summed E-state index contributed by atoms with van der Waals surface area (Å²) in [4.78, 5) is 17.2. The number of carbonyl (C=O) groups excluding carboxylic acids is 1. The number of phenolic OH excluding ortho intramolecular Hbond substituents is 1. The second-order valence-corrected chi connectivity index (χ2v) is 7.85. The lowest BCUT2D eigenvalue weighted by atomic mass is 9.58. The number of aromatic hydroxyl groups is 1. The molecular weight excluding hydrogens is 300 g/mol. The Labute approximate surface area is 142 Å². The first kappa shape index (κ1) is 14.5. The fraction of sp³-hybridized carbons (Fsp3) is 0.550. The summed E-state index contributed by atoms with van der Waals surface area (Å²) in [5.41, 5.74) is 3.80. The van der Waals surface area contributed by atoms with Crippen LogP contribution in [-0.4, -0.2) is 41.1 Å². The van der Waals surface area contributed by atoms with Gasteiger partial charge in [-0.05, 0) is 56.8 Å². The van der Waals surface area contributed by atoms with Gasteiger partial charge in [-0.2, -0.15) is 0 Å². The van der Waals surface area contributed by atoms with Gasteiger partial charge in [0.15, 0.2) is 0 Å². The summed E-state index contributed by atoms with van der Waals surface area (Å²) in [5, 5.41) is 10.0. The zero-order valence-electron chi connectivity index (χ0n) is 14.3. The first-order valence-corrected chi connectivity index (χ1v) is 9.11. The number of hydrogen-bond donors (Lipinski definition) is 1. The van der Waals surface area contributed by atoms with Gasteiger partial charge in [-0.15, -0.1) is 0 Å². The predicted molar refractivity (Wildman–Crippen MR) is 93.2 cm³/mol. The number of allylic oxidation sites excluding steroid dienone is 1. The van der Waals surface area contributed by atoms with Crippen LogP contribution in [0.4, 0.5) is 5.69 Å². The molecule has 2 saturated heterocycles. The maximum absolute atomic E-state index is 12.5. The van der Waals surface area contributed by atoms with Crippen molar-refractivity contribution in [1.29, 1.82) is 0 Å². The Morgan fingerprint density at radius 3 is 2.96 bits per heavy atom. The summed E-state index contributed by atoms with van der Waals surface area (Å²) in [7, 11) is 0. The van der Waals surface area contributed by atoms with Gasteiger partial charge in [0.2, 0.25) is 5.91 Å². The van der Waals surface area contributed by atoms with Crippen LogP contribution in [-0.2, 0) is 10.2 Å². The lowest BCUT2D eigenvalue weighted by Crippen LogP contribution is -2.61. The predicted octanol–water partition coefficient (Wildman–Crippen LogP) is 2.81. The van der Waals surface area contributed by atoms with Gasteiger partial charge in [0.05, 0.1) is 5.69 Å². The molecule has 126 valence electrons. The largest absolute Gasteiger partial charge is 0.508 e. The molecule has 4 nitrogen and oxygen atoms in total. The molecule has 4 aliphatic rings. The molecule has 1 aromatic carbocycles. The quantitative estimate of drug-likeness (QED) is 0.746. The number of anilines is 1. The number of nitrogens with zero attached hydrogens (tertiary/aromatic N) is 2. The first-order chi connectivity index (χ1) is 11.6. The SMILES string of the molecule is CC=C1[C@H]2CCN3CC[C@@]4(c5ccc(O)cc5N(C(C)=O)[C@H]4C2)[C@H]13. The Bertz CT molecular complexity index is 771. The smallest absolute Gasteiger partial charge is 0.224 e. The van der Waals surface area contributed by atoms with Crippen molar-refractivity contribution in [2.75, 3.05) is 18.0 Å². The molecule has 1 aliphatic carbocycles. The molecule has 4 heteroatoms. The lowest BCUT2D eigenvalue weighted by Gasteiger charge is -2.53. The van der Waals surface area contributed by atoms with Gasteiger partial charge in [-0.25, -0.2) is 0 Å². The van der Waals surface area contributed by atoms with Gasteiger partial charge in [0, 0.05) is 30.5 Å². The highest BCUT2D eigenvalue weighted by molar-refractivity contribution is 5.96. The number of piperidine rings is 1. The molecule has 3 fully saturated rings. The third kappa shape index (κ3) is 1.51. The molecule has 0 unspecified atom stereocenters. The van der Waals surface area contributed by atoms with E-state index in [0.717, 1.165) is 25.1 Å². The van der Waals surface area contributed by atoms with Crippen LogP contribution in [0.2, 0.25) is 0 Å². The molecule has 3 aliphatic heterocycles. The number of benzene rings is 1. The number of carbonyl (C=O) groups is 1. The molecule has 5 rings (SSSR count). The van der Waals surface area contributed by atoms with Crippen LogP contribution >= 0.6 is 0 Å². The highest BCUT2D eigenvalue weighted by Gasteiger charge is 2.65. The van der Waals surface area contributed by atoms with Gasteiger partial charge in [0.1, 0.15) is 5.75 Å². The zero-order valence-corrected chi connectivity index (χ0v) is 14.3. The van der Waals surface area contributed by atoms with Crippen molar-refractivity contribution in [2.45, 2.75) is 50.6 Å². The van der Waals surface area contributed by atoms with E-state index in [1.807, 2.05) is 4.90 Å². The minimum absolute atomic E-state index is 0.00741. The molecule has 3 heterocycles. The Hall–Kier alpha value is -1.81. The van der Waals surface area contributed by atoms with Gasteiger partial charge in [0.25, 0.3) is 0 Å². The van der Waals surface area contributed by atoms with Crippen molar-refractivity contribution in [1.82, 2.24) is 4.90 Å². The van der Waals surface area contributed by atoms with Crippen LogP contribution in [0.5, 0.6) is 5.75 Å². The van der Waals surface area contributed by atoms with Crippen LogP contribution in [0.15, 0.2) is 29.8 Å². The number of rotatable bonds is 0. The third-order valence-corrected chi connectivity index (χ3v) is 7.05. The fourth-order valence-corrected chi connectivity index (χ4v) is 6.32. The van der Waals surface area contributed by atoms with E-state index in [4.69, 9.17) is 0 Å². The number of hydrogen-bond acceptors (Lipinski definition) is 3. The molecule has 1 N–H and O–H groups in total. The first-order valence-electron chi connectivity index (χ1n) is 9.11. The van der Waals surface area contributed by atoms with Crippen molar-refractivity contribution in [3.63, 3.8) is 0 Å². The van der Waals surface area contributed by atoms with E-state index in [1.165, 1.54) is 18.5 Å². The van der Waals surface area contributed by atoms with Crippen molar-refractivity contribution in [3.05, 3.63) is 35.4 Å². The molecule has 4 atom stereocenters. The van der Waals surface area contributed by atoms with Crippen LogP contribution in [0.1, 0.15) is 38.7 Å². The van der Waals surface area contributed by atoms with Crippen LogP contribution in [0.3, 0.4) is 0 Å². The Kier molecular flexibility index (Phi) is 2.80. The van der Waals surface area contributed by atoms with E-state index in [1.54, 1.807) is 24.6 Å². The van der Waals surface area contributed by atoms with Crippen molar-refractivity contribution >= 4 is 11.6 Å². The molecule has 1 saturated carbocycles. The molecule has 0 radical (unpaired) electrons. The van der Waals surface area contributed by atoms with Gasteiger partial charge < -0.3 is 10.0 Å². The number of fused-ring (bicyclic) bond motifs is 2. The molecule has 1 aromatic rings. The summed E-state index contributed by atoms with van der Waals surface area (Å²) in [5.74, 6) is 0.945. The van der Waals surface area contributed by atoms with E-state index in [-0.39, 0.29) is 23.1 Å². The lowest BCUT2D eigenvalue weighted by molar-refractivity contribution is -0.117. The molecule has 0 aromatic heterocycles. The van der Waals surface area contributed by atoms with E-state index in [9.17, 15) is 9.90 Å². The Balaban J connectivity index is 1.79. The minimum Gasteiger partial charge on any atom is -0.508 e. The van der Waals surface area contributed by atoms with Gasteiger partial charge >= 0.3 is 0 Å². The normalized spacial score (nSPS) is 38.3. The van der Waals surface area contributed by atoms with E-state index in [2.05, 4.69) is 24.0 Å². The topological polar surface area (TPSA) is 43.8 Å². The number of amides is 1. The molecule has 2 bridgehead atoms. The third-order valence-electron chi connectivity index (χ3n) is 7.05. The maximum atomic E-state index is 12.5. The van der Waals surface area contributed by atoms with E-state index < -0.39 is 0 Å². The summed E-state index contributed by atoms with van der Waals surface area (Å²) >= 11 is 0. The van der Waals surface area contributed by atoms with E-state index in [0.29, 0.717) is 12.0 Å².